The minimum absolute atomic E-state index is 0.453. The van der Waals surface area contributed by atoms with Crippen LogP contribution in [0.15, 0.2) is 36.4 Å². The van der Waals surface area contributed by atoms with E-state index in [0.29, 0.717) is 52.9 Å². The first-order chi connectivity index (χ1) is 12.9. The van der Waals surface area contributed by atoms with Crippen LogP contribution in [0.2, 0.25) is 0 Å². The highest BCUT2D eigenvalue weighted by Crippen LogP contribution is 2.23. The predicted octanol–water partition coefficient (Wildman–Crippen LogP) is 2.86. The zero-order chi connectivity index (χ0) is 17.6. The Bertz CT molecular complexity index is 811. The topological polar surface area (TPSA) is 62.7 Å². The van der Waals surface area contributed by atoms with E-state index < -0.39 is 0 Å². The second-order valence-electron chi connectivity index (χ2n) is 6.14. The first kappa shape index (κ1) is 17.3. The van der Waals surface area contributed by atoms with Crippen LogP contribution in [-0.4, -0.2) is 49.6 Å². The molecule has 1 aromatic carbocycles. The molecule has 0 saturated carbocycles. The number of hydrogen-bond donors (Lipinski definition) is 0. The summed E-state index contributed by atoms with van der Waals surface area (Å²) in [6.45, 7) is 4.16. The van der Waals surface area contributed by atoms with E-state index in [2.05, 4.69) is 24.3 Å². The SMILES string of the molecule is c1cc2ccc3ccc4nc3c2nc1COCCOCCOCCOC4. The molecule has 0 atom stereocenters. The standard InChI is InChI=1S/C20H22N2O4/c1-2-16-4-6-18-14-26-12-10-24-8-7-23-9-11-25-13-17-5-3-15(1)19(21-17)20(16)22-18/h1-6H,7-14H2. The maximum atomic E-state index is 5.67. The molecular formula is C20H22N2O4. The molecular weight excluding hydrogens is 332 g/mol. The summed E-state index contributed by atoms with van der Waals surface area (Å²) in [5, 5.41) is 2.14. The van der Waals surface area contributed by atoms with Crippen LogP contribution in [0.3, 0.4) is 0 Å². The zero-order valence-corrected chi connectivity index (χ0v) is 14.6. The molecule has 136 valence electrons. The minimum Gasteiger partial charge on any atom is -0.377 e. The summed E-state index contributed by atoms with van der Waals surface area (Å²) < 4.78 is 22.3. The maximum Gasteiger partial charge on any atom is 0.0969 e. The van der Waals surface area contributed by atoms with E-state index in [9.17, 15) is 0 Å². The molecule has 6 heteroatoms. The molecule has 6 nitrogen and oxygen atoms in total. The summed E-state index contributed by atoms with van der Waals surface area (Å²) in [5.41, 5.74) is 3.56. The molecule has 0 unspecified atom stereocenters. The molecule has 4 bridgehead atoms. The van der Waals surface area contributed by atoms with Crippen LogP contribution in [0.4, 0.5) is 0 Å². The first-order valence-corrected chi connectivity index (χ1v) is 8.89. The van der Waals surface area contributed by atoms with Gasteiger partial charge >= 0.3 is 0 Å². The summed E-state index contributed by atoms with van der Waals surface area (Å²) in [7, 11) is 0. The van der Waals surface area contributed by atoms with E-state index in [1.165, 1.54) is 0 Å². The number of ether oxygens (including phenoxy) is 4. The Hall–Kier alpha value is -2.12. The molecule has 3 aromatic rings. The molecule has 26 heavy (non-hydrogen) atoms. The van der Waals surface area contributed by atoms with Crippen LogP contribution in [0.5, 0.6) is 0 Å². The van der Waals surface area contributed by atoms with Gasteiger partial charge in [-0.2, -0.15) is 0 Å². The molecule has 0 saturated heterocycles. The number of fused-ring (bicyclic) bond motifs is 2. The average molecular weight is 354 g/mol. The molecule has 2 aromatic heterocycles. The lowest BCUT2D eigenvalue weighted by atomic mass is 10.1. The zero-order valence-electron chi connectivity index (χ0n) is 14.6. The summed E-state index contributed by atoms with van der Waals surface area (Å²) in [6, 6.07) is 12.3. The molecule has 3 heterocycles. The fourth-order valence-corrected chi connectivity index (χ4v) is 2.92. The van der Waals surface area contributed by atoms with Crippen LogP contribution < -0.4 is 0 Å². The first-order valence-electron chi connectivity index (χ1n) is 8.89. The van der Waals surface area contributed by atoms with Gasteiger partial charge in [0.25, 0.3) is 0 Å². The van der Waals surface area contributed by atoms with Crippen LogP contribution >= 0.6 is 0 Å². The second-order valence-corrected chi connectivity index (χ2v) is 6.14. The van der Waals surface area contributed by atoms with E-state index >= 15 is 0 Å². The Kier molecular flexibility index (Phi) is 5.66. The lowest BCUT2D eigenvalue weighted by Crippen LogP contribution is -2.12. The minimum atomic E-state index is 0.453. The van der Waals surface area contributed by atoms with E-state index in [1.54, 1.807) is 0 Å². The number of aromatic nitrogens is 2. The molecule has 0 radical (unpaired) electrons. The lowest BCUT2D eigenvalue weighted by Gasteiger charge is -2.10. The van der Waals surface area contributed by atoms with E-state index in [1.807, 2.05) is 12.1 Å². The number of pyridine rings is 2. The third kappa shape index (κ3) is 4.16. The van der Waals surface area contributed by atoms with Crippen molar-refractivity contribution in [1.82, 2.24) is 9.97 Å². The molecule has 0 fully saturated rings. The second kappa shape index (κ2) is 8.51. The summed E-state index contributed by atoms with van der Waals surface area (Å²) in [6.07, 6.45) is 0. The fraction of sp³-hybridized carbons (Fsp3) is 0.400. The van der Waals surface area contributed by atoms with E-state index in [0.717, 1.165) is 33.2 Å². The van der Waals surface area contributed by atoms with Crippen molar-refractivity contribution in [2.24, 2.45) is 0 Å². The van der Waals surface area contributed by atoms with Crippen LogP contribution in [-0.2, 0) is 32.2 Å². The number of hydrogen-bond acceptors (Lipinski definition) is 6. The molecule has 4 rings (SSSR count). The van der Waals surface area contributed by atoms with Crippen LogP contribution in [0, 0.1) is 0 Å². The van der Waals surface area contributed by atoms with Crippen molar-refractivity contribution < 1.29 is 18.9 Å². The number of rotatable bonds is 0. The summed E-state index contributed by atoms with van der Waals surface area (Å²) in [4.78, 5) is 9.56. The predicted molar refractivity (Wildman–Crippen MR) is 98.0 cm³/mol. The summed E-state index contributed by atoms with van der Waals surface area (Å²) >= 11 is 0. The van der Waals surface area contributed by atoms with Gasteiger partial charge in [0.1, 0.15) is 0 Å². The highest BCUT2D eigenvalue weighted by atomic mass is 16.6. The molecule has 1 aliphatic heterocycles. The Morgan fingerprint density at radius 2 is 0.885 bits per heavy atom. The van der Waals surface area contributed by atoms with Gasteiger partial charge in [0, 0.05) is 10.8 Å². The molecule has 0 aliphatic carbocycles. The highest BCUT2D eigenvalue weighted by molar-refractivity contribution is 6.02. The Morgan fingerprint density at radius 1 is 0.500 bits per heavy atom. The monoisotopic (exact) mass is 354 g/mol. The molecule has 0 spiro atoms. The third-order valence-corrected chi connectivity index (χ3v) is 4.25. The lowest BCUT2D eigenvalue weighted by molar-refractivity contribution is -0.00676. The van der Waals surface area contributed by atoms with Crippen molar-refractivity contribution in [3.8, 4) is 0 Å². The van der Waals surface area contributed by atoms with E-state index in [4.69, 9.17) is 28.9 Å². The van der Waals surface area contributed by atoms with Crippen molar-refractivity contribution in [3.05, 3.63) is 47.8 Å². The fourth-order valence-electron chi connectivity index (χ4n) is 2.92. The average Bonchev–Trinajstić information content (AvgIpc) is 2.68. The van der Waals surface area contributed by atoms with Crippen LogP contribution in [0.1, 0.15) is 11.4 Å². The smallest absolute Gasteiger partial charge is 0.0969 e. The van der Waals surface area contributed by atoms with Gasteiger partial charge < -0.3 is 18.9 Å². The molecule has 1 aliphatic rings. The van der Waals surface area contributed by atoms with Crippen molar-refractivity contribution in [3.63, 3.8) is 0 Å². The van der Waals surface area contributed by atoms with Crippen molar-refractivity contribution in [1.29, 1.82) is 0 Å². The van der Waals surface area contributed by atoms with Gasteiger partial charge in [-0.05, 0) is 12.1 Å². The van der Waals surface area contributed by atoms with Gasteiger partial charge in [-0.1, -0.05) is 24.3 Å². The largest absolute Gasteiger partial charge is 0.377 e. The highest BCUT2D eigenvalue weighted by Gasteiger charge is 2.07. The Morgan fingerprint density at radius 3 is 1.35 bits per heavy atom. The van der Waals surface area contributed by atoms with Gasteiger partial charge in [-0.25, -0.2) is 9.97 Å². The Balaban J connectivity index is 1.66. The normalized spacial score (nSPS) is 17.7. The molecule has 0 amide bonds. The van der Waals surface area contributed by atoms with Crippen molar-refractivity contribution >= 4 is 21.8 Å². The quantitative estimate of drug-likeness (QED) is 0.579. The third-order valence-electron chi connectivity index (χ3n) is 4.25. The maximum absolute atomic E-state index is 5.67. The van der Waals surface area contributed by atoms with Gasteiger partial charge in [-0.3, -0.25) is 0 Å². The summed E-state index contributed by atoms with van der Waals surface area (Å²) in [5.74, 6) is 0. The number of benzene rings is 1. The number of nitrogens with zero attached hydrogens (tertiary/aromatic N) is 2. The van der Waals surface area contributed by atoms with Crippen LogP contribution in [0.25, 0.3) is 21.8 Å². The van der Waals surface area contributed by atoms with Crippen molar-refractivity contribution in [2.75, 3.05) is 39.6 Å². The van der Waals surface area contributed by atoms with Crippen molar-refractivity contribution in [2.45, 2.75) is 13.2 Å². The van der Waals surface area contributed by atoms with Gasteiger partial charge in [0.2, 0.25) is 0 Å². The molecule has 0 N–H and O–H groups in total. The van der Waals surface area contributed by atoms with Gasteiger partial charge in [-0.15, -0.1) is 0 Å². The van der Waals surface area contributed by atoms with E-state index in [-0.39, 0.29) is 0 Å². The Labute approximate surface area is 152 Å². The van der Waals surface area contributed by atoms with Gasteiger partial charge in [0.15, 0.2) is 0 Å². The van der Waals surface area contributed by atoms with Gasteiger partial charge in [0.05, 0.1) is 75.3 Å².